The SMILES string of the molecule is Br.C#CCn1c2c(sc1=N)CCCC2C(=O)OCC. The molecule has 0 aliphatic heterocycles. The second-order valence-electron chi connectivity index (χ2n) is 4.20. The van der Waals surface area contributed by atoms with Crippen molar-refractivity contribution in [2.24, 2.45) is 0 Å². The normalized spacial score (nSPS) is 16.9. The van der Waals surface area contributed by atoms with Gasteiger partial charge in [0.2, 0.25) is 0 Å². The molecule has 0 saturated carbocycles. The van der Waals surface area contributed by atoms with Crippen molar-refractivity contribution in [2.45, 2.75) is 38.6 Å². The monoisotopic (exact) mass is 344 g/mol. The number of nitrogens with one attached hydrogen (secondary N) is 1. The molecule has 19 heavy (non-hydrogen) atoms. The number of ether oxygens (including phenoxy) is 1. The van der Waals surface area contributed by atoms with Crippen LogP contribution >= 0.6 is 28.3 Å². The summed E-state index contributed by atoms with van der Waals surface area (Å²) in [5, 5.41) is 7.94. The van der Waals surface area contributed by atoms with Crippen LogP contribution in [0.4, 0.5) is 0 Å². The number of fused-ring (bicyclic) bond motifs is 1. The van der Waals surface area contributed by atoms with Crippen LogP contribution in [0.15, 0.2) is 0 Å². The summed E-state index contributed by atoms with van der Waals surface area (Å²) in [4.78, 5) is 13.5. The van der Waals surface area contributed by atoms with Crippen LogP contribution in [-0.2, 0) is 22.5 Å². The third-order valence-electron chi connectivity index (χ3n) is 3.09. The summed E-state index contributed by atoms with van der Waals surface area (Å²) in [7, 11) is 0. The number of hydrogen-bond acceptors (Lipinski definition) is 4. The van der Waals surface area contributed by atoms with Crippen molar-refractivity contribution in [1.82, 2.24) is 4.57 Å². The summed E-state index contributed by atoms with van der Waals surface area (Å²) in [5.41, 5.74) is 0.910. The maximum atomic E-state index is 12.0. The summed E-state index contributed by atoms with van der Waals surface area (Å²) in [6.07, 6.45) is 8.02. The maximum absolute atomic E-state index is 12.0. The molecule has 0 radical (unpaired) electrons. The lowest BCUT2D eigenvalue weighted by Gasteiger charge is -2.22. The van der Waals surface area contributed by atoms with E-state index < -0.39 is 0 Å². The number of carbonyl (C=O) groups is 1. The summed E-state index contributed by atoms with van der Waals surface area (Å²) in [5.74, 6) is 2.11. The van der Waals surface area contributed by atoms with E-state index in [1.165, 1.54) is 11.3 Å². The molecule has 1 N–H and O–H groups in total. The van der Waals surface area contributed by atoms with Crippen LogP contribution in [0.1, 0.15) is 36.3 Å². The Morgan fingerprint density at radius 3 is 3.05 bits per heavy atom. The molecule has 0 fully saturated rings. The van der Waals surface area contributed by atoms with E-state index >= 15 is 0 Å². The zero-order valence-electron chi connectivity index (χ0n) is 10.8. The number of carbonyl (C=O) groups excluding carboxylic acids is 1. The van der Waals surface area contributed by atoms with E-state index in [4.69, 9.17) is 16.6 Å². The molecule has 1 unspecified atom stereocenters. The second kappa shape index (κ2) is 6.92. The van der Waals surface area contributed by atoms with Crippen LogP contribution in [-0.4, -0.2) is 17.1 Å². The molecule has 0 bridgehead atoms. The van der Waals surface area contributed by atoms with Gasteiger partial charge in [0, 0.05) is 10.6 Å². The molecule has 0 amide bonds. The van der Waals surface area contributed by atoms with Gasteiger partial charge >= 0.3 is 5.97 Å². The van der Waals surface area contributed by atoms with Gasteiger partial charge in [0.15, 0.2) is 4.80 Å². The van der Waals surface area contributed by atoms with Crippen LogP contribution in [0.25, 0.3) is 0 Å². The van der Waals surface area contributed by atoms with Gasteiger partial charge in [-0.15, -0.1) is 34.7 Å². The molecule has 1 aliphatic carbocycles. The Balaban J connectivity index is 0.00000180. The minimum atomic E-state index is -0.252. The summed E-state index contributed by atoms with van der Waals surface area (Å²) in [6.45, 7) is 2.54. The van der Waals surface area contributed by atoms with Gasteiger partial charge in [0.1, 0.15) is 0 Å². The third-order valence-corrected chi connectivity index (χ3v) is 4.16. The first-order chi connectivity index (χ1) is 8.69. The van der Waals surface area contributed by atoms with Gasteiger partial charge in [-0.3, -0.25) is 10.2 Å². The highest BCUT2D eigenvalue weighted by atomic mass is 79.9. The van der Waals surface area contributed by atoms with E-state index in [0.717, 1.165) is 29.8 Å². The van der Waals surface area contributed by atoms with Gasteiger partial charge in [0.05, 0.1) is 19.1 Å². The van der Waals surface area contributed by atoms with Crippen molar-refractivity contribution in [2.75, 3.05) is 6.61 Å². The van der Waals surface area contributed by atoms with Gasteiger partial charge in [0.25, 0.3) is 0 Å². The average Bonchev–Trinajstić information content (AvgIpc) is 2.66. The van der Waals surface area contributed by atoms with Gasteiger partial charge < -0.3 is 9.30 Å². The van der Waals surface area contributed by atoms with Crippen molar-refractivity contribution in [3.8, 4) is 12.3 Å². The minimum absolute atomic E-state index is 0. The summed E-state index contributed by atoms with van der Waals surface area (Å²) >= 11 is 1.42. The molecular formula is C13H17BrN2O2S. The molecule has 4 nitrogen and oxygen atoms in total. The number of aromatic nitrogens is 1. The first-order valence-corrected chi connectivity index (χ1v) is 6.87. The highest BCUT2D eigenvalue weighted by molar-refractivity contribution is 8.93. The summed E-state index contributed by atoms with van der Waals surface area (Å²) < 4.78 is 6.88. The Labute approximate surface area is 127 Å². The zero-order valence-corrected chi connectivity index (χ0v) is 13.3. The smallest absolute Gasteiger partial charge is 0.314 e. The highest BCUT2D eigenvalue weighted by Gasteiger charge is 2.31. The number of terminal acetylenes is 1. The first kappa shape index (κ1) is 16.0. The van der Waals surface area contributed by atoms with Crippen molar-refractivity contribution in [3.05, 3.63) is 15.4 Å². The van der Waals surface area contributed by atoms with Crippen molar-refractivity contribution in [1.29, 1.82) is 5.41 Å². The standard InChI is InChI=1S/C13H16N2O2S.BrH/c1-3-8-15-11-9(12(16)17-4-2)6-5-7-10(11)18-13(15)14;/h1,9,14H,4-8H2,2H3;1H. The zero-order chi connectivity index (χ0) is 13.1. The van der Waals surface area contributed by atoms with Crippen LogP contribution in [0, 0.1) is 17.8 Å². The molecule has 1 heterocycles. The van der Waals surface area contributed by atoms with Crippen molar-refractivity contribution in [3.63, 3.8) is 0 Å². The number of halogens is 1. The highest BCUT2D eigenvalue weighted by Crippen LogP contribution is 2.34. The van der Waals surface area contributed by atoms with Gasteiger partial charge in [-0.1, -0.05) is 5.92 Å². The molecule has 104 valence electrons. The Morgan fingerprint density at radius 2 is 2.42 bits per heavy atom. The second-order valence-corrected chi connectivity index (χ2v) is 5.29. The van der Waals surface area contributed by atoms with Gasteiger partial charge in [-0.25, -0.2) is 0 Å². The van der Waals surface area contributed by atoms with Gasteiger partial charge in [-0.05, 0) is 26.2 Å². The maximum Gasteiger partial charge on any atom is 0.314 e. The lowest BCUT2D eigenvalue weighted by molar-refractivity contribution is -0.145. The molecule has 1 aromatic rings. The van der Waals surface area contributed by atoms with Crippen LogP contribution < -0.4 is 4.80 Å². The summed E-state index contributed by atoms with van der Waals surface area (Å²) in [6, 6.07) is 0. The number of rotatable bonds is 3. The van der Waals surface area contributed by atoms with Crippen LogP contribution in [0.3, 0.4) is 0 Å². The number of hydrogen-bond donors (Lipinski definition) is 1. The predicted octanol–water partition coefficient (Wildman–Crippen LogP) is 2.22. The molecular weight excluding hydrogens is 328 g/mol. The minimum Gasteiger partial charge on any atom is -0.465 e. The predicted molar refractivity (Wildman–Crippen MR) is 79.6 cm³/mol. The number of nitrogens with zero attached hydrogens (tertiary/aromatic N) is 1. The molecule has 0 spiro atoms. The lowest BCUT2D eigenvalue weighted by Crippen LogP contribution is -2.26. The Hall–Kier alpha value is -1.06. The number of esters is 1. The molecule has 6 heteroatoms. The fraction of sp³-hybridized carbons (Fsp3) is 0.538. The van der Waals surface area contributed by atoms with Crippen molar-refractivity contribution >= 4 is 34.3 Å². The molecule has 1 aliphatic rings. The Bertz CT molecular complexity index is 556. The van der Waals surface area contributed by atoms with E-state index in [1.54, 1.807) is 11.5 Å². The van der Waals surface area contributed by atoms with E-state index in [2.05, 4.69) is 5.92 Å². The quantitative estimate of drug-likeness (QED) is 0.675. The van der Waals surface area contributed by atoms with E-state index in [9.17, 15) is 4.79 Å². The van der Waals surface area contributed by atoms with Crippen LogP contribution in [0.2, 0.25) is 0 Å². The van der Waals surface area contributed by atoms with Crippen LogP contribution in [0.5, 0.6) is 0 Å². The molecule has 1 aromatic heterocycles. The number of aryl methyl sites for hydroxylation is 1. The third kappa shape index (κ3) is 3.10. The largest absolute Gasteiger partial charge is 0.465 e. The lowest BCUT2D eigenvalue weighted by atomic mass is 9.91. The molecule has 0 saturated heterocycles. The molecule has 0 aromatic carbocycles. The van der Waals surface area contributed by atoms with Gasteiger partial charge in [-0.2, -0.15) is 0 Å². The van der Waals surface area contributed by atoms with Crippen molar-refractivity contribution < 1.29 is 9.53 Å². The fourth-order valence-corrected chi connectivity index (χ4v) is 3.48. The average molecular weight is 345 g/mol. The molecule has 1 atom stereocenters. The van der Waals surface area contributed by atoms with E-state index in [1.807, 2.05) is 0 Å². The van der Waals surface area contributed by atoms with E-state index in [-0.39, 0.29) is 28.9 Å². The fourth-order valence-electron chi connectivity index (χ4n) is 2.37. The van der Waals surface area contributed by atoms with E-state index in [0.29, 0.717) is 18.0 Å². The number of thiazole rings is 1. The Morgan fingerprint density at radius 1 is 1.68 bits per heavy atom. The topological polar surface area (TPSA) is 55.1 Å². The molecule has 2 rings (SSSR count). The Kier molecular flexibility index (Phi) is 5.83. The first-order valence-electron chi connectivity index (χ1n) is 6.06.